The molecule has 2 unspecified atom stereocenters. The van der Waals surface area contributed by atoms with Gasteiger partial charge in [-0.25, -0.2) is 8.42 Å². The third-order valence-electron chi connectivity index (χ3n) is 4.95. The number of carbonyl (C=O) groups excluding carboxylic acids is 1. The van der Waals surface area contributed by atoms with Crippen molar-refractivity contribution < 1.29 is 22.7 Å². The lowest BCUT2D eigenvalue weighted by Crippen LogP contribution is -2.51. The first kappa shape index (κ1) is 22.8. The molecule has 7 nitrogen and oxygen atoms in total. The second-order valence-corrected chi connectivity index (χ2v) is 9.26. The highest BCUT2D eigenvalue weighted by Crippen LogP contribution is 2.24. The molecular formula is C23H28N2O5S. The van der Waals surface area contributed by atoms with E-state index in [1.54, 1.807) is 29.2 Å². The normalized spacial score (nSPS) is 19.4. The van der Waals surface area contributed by atoms with Crippen LogP contribution in [0.1, 0.15) is 19.4 Å². The molecule has 8 heteroatoms. The smallest absolute Gasteiger partial charge is 0.257 e. The Bertz CT molecular complexity index is 996. The molecule has 1 heterocycles. The topological polar surface area (TPSA) is 76.2 Å². The van der Waals surface area contributed by atoms with Gasteiger partial charge in [0.15, 0.2) is 0 Å². The van der Waals surface area contributed by atoms with Crippen molar-refractivity contribution in [2.45, 2.75) is 26.1 Å². The van der Waals surface area contributed by atoms with Gasteiger partial charge < -0.3 is 14.4 Å². The average molecular weight is 445 g/mol. The molecule has 0 N–H and O–H groups in total. The van der Waals surface area contributed by atoms with Gasteiger partial charge >= 0.3 is 0 Å². The molecule has 166 valence electrons. The predicted molar refractivity (Wildman–Crippen MR) is 121 cm³/mol. The molecule has 1 amide bonds. The summed E-state index contributed by atoms with van der Waals surface area (Å²) in [5.74, 6) is 0.331. The van der Waals surface area contributed by atoms with E-state index in [4.69, 9.17) is 9.47 Å². The number of nitrogens with zero attached hydrogens (tertiary/aromatic N) is 2. The van der Waals surface area contributed by atoms with Crippen LogP contribution in [0.5, 0.6) is 5.75 Å². The van der Waals surface area contributed by atoms with E-state index in [2.05, 4.69) is 0 Å². The number of ether oxygens (including phenoxy) is 2. The van der Waals surface area contributed by atoms with Crippen molar-refractivity contribution in [1.29, 1.82) is 0 Å². The maximum Gasteiger partial charge on any atom is 0.257 e. The number of anilines is 1. The third kappa shape index (κ3) is 6.08. The first-order valence-electron chi connectivity index (χ1n) is 10.1. The molecule has 0 spiro atoms. The van der Waals surface area contributed by atoms with E-state index in [-0.39, 0.29) is 24.7 Å². The number of morpholine rings is 1. The second kappa shape index (κ2) is 9.98. The number of benzene rings is 2. The van der Waals surface area contributed by atoms with Crippen molar-refractivity contribution in [2.24, 2.45) is 0 Å². The van der Waals surface area contributed by atoms with Crippen molar-refractivity contribution >= 4 is 27.7 Å². The molecular weight excluding hydrogens is 416 g/mol. The summed E-state index contributed by atoms with van der Waals surface area (Å²) in [4.78, 5) is 14.7. The van der Waals surface area contributed by atoms with Gasteiger partial charge in [-0.1, -0.05) is 30.3 Å². The summed E-state index contributed by atoms with van der Waals surface area (Å²) in [7, 11) is -2.38. The van der Waals surface area contributed by atoms with E-state index in [1.807, 2.05) is 44.2 Å². The van der Waals surface area contributed by atoms with Gasteiger partial charge in [0.05, 0.1) is 30.4 Å². The Labute approximate surface area is 183 Å². The minimum atomic E-state index is -3.92. The molecule has 0 radical (unpaired) electrons. The third-order valence-corrected chi connectivity index (χ3v) is 6.39. The number of sulfonamides is 1. The fraction of sp³-hybridized carbons (Fsp3) is 0.348. The van der Waals surface area contributed by atoms with E-state index in [1.165, 1.54) is 13.2 Å². The molecule has 0 saturated carbocycles. The molecule has 1 aliphatic rings. The molecule has 31 heavy (non-hydrogen) atoms. The summed E-state index contributed by atoms with van der Waals surface area (Å²) in [6.07, 6.45) is 1.32. The summed E-state index contributed by atoms with van der Waals surface area (Å²) in [5.41, 5.74) is 1.14. The average Bonchev–Trinajstić information content (AvgIpc) is 2.76. The van der Waals surface area contributed by atoms with Gasteiger partial charge in [-0.2, -0.15) is 0 Å². The molecule has 0 aliphatic carbocycles. The number of hydrogen-bond acceptors (Lipinski definition) is 5. The summed E-state index contributed by atoms with van der Waals surface area (Å²) >= 11 is 0. The van der Waals surface area contributed by atoms with Gasteiger partial charge in [0.1, 0.15) is 12.3 Å². The summed E-state index contributed by atoms with van der Waals surface area (Å²) < 4.78 is 38.4. The standard InChI is InChI=1S/C23H28N2O5S/c1-18-15-24(16-19(2)30-18)23(26)17-25(21-9-11-22(29-3)12-10-21)31(27,28)14-13-20-7-5-4-6-8-20/h4-14,18-19H,15-17H2,1-3H3/b14-13+. The summed E-state index contributed by atoms with van der Waals surface area (Å²) in [6.45, 7) is 4.36. The van der Waals surface area contributed by atoms with E-state index in [9.17, 15) is 13.2 Å². The lowest BCUT2D eigenvalue weighted by Gasteiger charge is -2.36. The van der Waals surface area contributed by atoms with Crippen LogP contribution in [-0.2, 0) is 19.6 Å². The van der Waals surface area contributed by atoms with Crippen molar-refractivity contribution in [3.8, 4) is 5.75 Å². The highest BCUT2D eigenvalue weighted by molar-refractivity contribution is 7.95. The Morgan fingerprint density at radius 2 is 1.71 bits per heavy atom. The van der Waals surface area contributed by atoms with Gasteiger partial charge in [-0.05, 0) is 49.8 Å². The van der Waals surface area contributed by atoms with Crippen LogP contribution in [0.2, 0.25) is 0 Å². The summed E-state index contributed by atoms with van der Waals surface area (Å²) in [6, 6.07) is 15.7. The van der Waals surface area contributed by atoms with Crippen molar-refractivity contribution in [1.82, 2.24) is 4.90 Å². The highest BCUT2D eigenvalue weighted by atomic mass is 32.2. The van der Waals surface area contributed by atoms with Gasteiger partial charge in [0, 0.05) is 13.1 Å². The fourth-order valence-corrected chi connectivity index (χ4v) is 4.67. The van der Waals surface area contributed by atoms with Crippen LogP contribution in [0.15, 0.2) is 60.0 Å². The van der Waals surface area contributed by atoms with Crippen LogP contribution >= 0.6 is 0 Å². The van der Waals surface area contributed by atoms with Crippen molar-refractivity contribution in [2.75, 3.05) is 31.0 Å². The first-order valence-corrected chi connectivity index (χ1v) is 11.6. The molecule has 2 atom stereocenters. The molecule has 1 aliphatic heterocycles. The van der Waals surface area contributed by atoms with E-state index >= 15 is 0 Å². The van der Waals surface area contributed by atoms with Crippen LogP contribution in [0.4, 0.5) is 5.69 Å². The summed E-state index contributed by atoms with van der Waals surface area (Å²) in [5, 5.41) is 1.13. The van der Waals surface area contributed by atoms with Crippen molar-refractivity contribution in [3.05, 3.63) is 65.6 Å². The maximum absolute atomic E-state index is 13.2. The van der Waals surface area contributed by atoms with Crippen LogP contribution in [0.25, 0.3) is 6.08 Å². The number of rotatable bonds is 7. The fourth-order valence-electron chi connectivity index (χ4n) is 3.48. The van der Waals surface area contributed by atoms with Gasteiger partial charge in [0.25, 0.3) is 10.0 Å². The molecule has 2 aromatic rings. The molecule has 0 bridgehead atoms. The Morgan fingerprint density at radius 1 is 1.10 bits per heavy atom. The number of methoxy groups -OCH3 is 1. The van der Waals surface area contributed by atoms with Gasteiger partial charge in [-0.15, -0.1) is 0 Å². The predicted octanol–water partition coefficient (Wildman–Crippen LogP) is 3.14. The molecule has 3 rings (SSSR count). The lowest BCUT2D eigenvalue weighted by molar-refractivity contribution is -0.141. The Morgan fingerprint density at radius 3 is 2.29 bits per heavy atom. The monoisotopic (exact) mass is 444 g/mol. The van der Waals surface area contributed by atoms with Gasteiger partial charge in [-0.3, -0.25) is 9.10 Å². The van der Waals surface area contributed by atoms with Crippen LogP contribution in [0, 0.1) is 0 Å². The van der Waals surface area contributed by atoms with Crippen molar-refractivity contribution in [3.63, 3.8) is 0 Å². The minimum absolute atomic E-state index is 0.100. The molecule has 0 aromatic heterocycles. The number of hydrogen-bond donors (Lipinski definition) is 0. The highest BCUT2D eigenvalue weighted by Gasteiger charge is 2.30. The van der Waals surface area contributed by atoms with Crippen LogP contribution in [-0.4, -0.2) is 58.2 Å². The largest absolute Gasteiger partial charge is 0.497 e. The number of amides is 1. The van der Waals surface area contributed by atoms with E-state index in [0.717, 1.165) is 15.3 Å². The molecule has 1 saturated heterocycles. The van der Waals surface area contributed by atoms with Gasteiger partial charge in [0.2, 0.25) is 5.91 Å². The second-order valence-electron chi connectivity index (χ2n) is 7.52. The van der Waals surface area contributed by atoms with Crippen LogP contribution < -0.4 is 9.04 Å². The Balaban J connectivity index is 1.88. The zero-order chi connectivity index (χ0) is 22.4. The first-order chi connectivity index (χ1) is 14.8. The quantitative estimate of drug-likeness (QED) is 0.656. The zero-order valence-corrected chi connectivity index (χ0v) is 18.8. The molecule has 1 fully saturated rings. The Hall–Kier alpha value is -2.84. The van der Waals surface area contributed by atoms with E-state index in [0.29, 0.717) is 24.5 Å². The number of carbonyl (C=O) groups is 1. The maximum atomic E-state index is 13.2. The zero-order valence-electron chi connectivity index (χ0n) is 18.0. The van der Waals surface area contributed by atoms with Crippen LogP contribution in [0.3, 0.4) is 0 Å². The minimum Gasteiger partial charge on any atom is -0.497 e. The SMILES string of the molecule is COc1ccc(N(CC(=O)N2CC(C)OC(C)C2)S(=O)(=O)/C=C/c2ccccc2)cc1. The Kier molecular flexibility index (Phi) is 7.35. The lowest BCUT2D eigenvalue weighted by atomic mass is 10.2. The van der Waals surface area contributed by atoms with E-state index < -0.39 is 10.0 Å². The molecule has 2 aromatic carbocycles.